The maximum atomic E-state index is 13.0. The molecule has 0 spiro atoms. The van der Waals surface area contributed by atoms with Gasteiger partial charge in [0.1, 0.15) is 11.6 Å². The molecule has 2 heterocycles. The monoisotopic (exact) mass is 480 g/mol. The third kappa shape index (κ3) is 5.21. The van der Waals surface area contributed by atoms with Crippen molar-refractivity contribution >= 4 is 40.2 Å². The molecule has 9 heteroatoms. The van der Waals surface area contributed by atoms with Crippen LogP contribution in [0.5, 0.6) is 11.5 Å². The molecule has 0 unspecified atom stereocenters. The van der Waals surface area contributed by atoms with Gasteiger partial charge in [-0.05, 0) is 11.4 Å². The van der Waals surface area contributed by atoms with Crippen molar-refractivity contribution in [2.45, 2.75) is 6.61 Å². The van der Waals surface area contributed by atoms with Gasteiger partial charge in [0.2, 0.25) is 0 Å². The van der Waals surface area contributed by atoms with E-state index >= 15 is 0 Å². The second-order valence-electron chi connectivity index (χ2n) is 6.77. The Morgan fingerprint density at radius 2 is 1.73 bits per heavy atom. The Balaban J connectivity index is 1.54. The number of nitrogens with zero attached hydrogens (tertiary/aromatic N) is 1. The molecule has 0 aliphatic rings. The maximum absolute atomic E-state index is 13.0. The van der Waals surface area contributed by atoms with Crippen molar-refractivity contribution in [1.29, 1.82) is 0 Å². The molecule has 168 valence electrons. The number of aromatic nitrogens is 1. The minimum atomic E-state index is -0.619. The number of thiophene rings is 1. The van der Waals surface area contributed by atoms with Crippen LogP contribution in [0.4, 0.5) is 5.69 Å². The molecule has 0 radical (unpaired) electrons. The number of hydrogen-bond donors (Lipinski definition) is 1. The van der Waals surface area contributed by atoms with Gasteiger partial charge in [0.15, 0.2) is 11.5 Å². The van der Waals surface area contributed by atoms with E-state index in [4.69, 9.17) is 14.2 Å². The molecule has 1 N–H and O–H groups in total. The summed E-state index contributed by atoms with van der Waals surface area (Å²) in [6.45, 7) is -0.00514. The summed E-state index contributed by atoms with van der Waals surface area (Å²) in [6.07, 6.45) is 0. The summed E-state index contributed by atoms with van der Waals surface area (Å²) >= 11 is 2.78. The number of nitrogens with one attached hydrogen (secondary N) is 1. The normalized spacial score (nSPS) is 10.5. The average molecular weight is 481 g/mol. The molecule has 0 saturated heterocycles. The quantitative estimate of drug-likeness (QED) is 0.335. The van der Waals surface area contributed by atoms with Crippen LogP contribution in [-0.4, -0.2) is 31.1 Å². The molecular formula is C24H20N2O5S2. The van der Waals surface area contributed by atoms with E-state index in [1.165, 1.54) is 49.0 Å². The fraction of sp³-hybridized carbons (Fsp3) is 0.125. The van der Waals surface area contributed by atoms with Crippen LogP contribution < -0.4 is 14.8 Å². The lowest BCUT2D eigenvalue weighted by atomic mass is 10.1. The van der Waals surface area contributed by atoms with Gasteiger partial charge in [0.05, 0.1) is 36.0 Å². The predicted molar refractivity (Wildman–Crippen MR) is 128 cm³/mol. The van der Waals surface area contributed by atoms with Gasteiger partial charge in [0, 0.05) is 23.1 Å². The molecule has 2 aromatic carbocycles. The van der Waals surface area contributed by atoms with Crippen molar-refractivity contribution in [2.24, 2.45) is 0 Å². The first kappa shape index (κ1) is 22.5. The number of carbonyl (C=O) groups is 2. The van der Waals surface area contributed by atoms with Gasteiger partial charge in [-0.2, -0.15) is 0 Å². The van der Waals surface area contributed by atoms with Gasteiger partial charge < -0.3 is 19.5 Å². The van der Waals surface area contributed by atoms with Gasteiger partial charge in [-0.15, -0.1) is 22.7 Å². The van der Waals surface area contributed by atoms with Crippen molar-refractivity contribution in [1.82, 2.24) is 4.98 Å². The summed E-state index contributed by atoms with van der Waals surface area (Å²) in [5.74, 6) is -0.230. The standard InChI is InChI=1S/C24H20N2O5S2/c1-29-19-11-17(18(12-20(19)30-2)26-22(27)21-9-6-10-32-21)24(28)31-13-16-14-33-23(25-16)15-7-4-3-5-8-15/h3-12,14H,13H2,1-2H3,(H,26,27). The summed E-state index contributed by atoms with van der Waals surface area (Å²) in [4.78, 5) is 30.6. The first-order valence-corrected chi connectivity index (χ1v) is 11.6. The lowest BCUT2D eigenvalue weighted by molar-refractivity contribution is 0.0469. The summed E-state index contributed by atoms with van der Waals surface area (Å²) < 4.78 is 16.2. The summed E-state index contributed by atoms with van der Waals surface area (Å²) in [5.41, 5.74) is 2.05. The fourth-order valence-electron chi connectivity index (χ4n) is 3.05. The Morgan fingerprint density at radius 3 is 2.42 bits per heavy atom. The Bertz CT molecular complexity index is 1250. The molecule has 2 aromatic heterocycles. The predicted octanol–water partition coefficient (Wildman–Crippen LogP) is 5.50. The van der Waals surface area contributed by atoms with Gasteiger partial charge in [-0.1, -0.05) is 36.4 Å². The molecule has 1 amide bonds. The van der Waals surface area contributed by atoms with Crippen LogP contribution in [0, 0.1) is 0 Å². The third-order valence-corrected chi connectivity index (χ3v) is 6.47. The van der Waals surface area contributed by atoms with Crippen molar-refractivity contribution in [3.8, 4) is 22.1 Å². The Morgan fingerprint density at radius 1 is 0.970 bits per heavy atom. The van der Waals surface area contributed by atoms with Crippen LogP contribution in [0.1, 0.15) is 25.7 Å². The highest BCUT2D eigenvalue weighted by atomic mass is 32.1. The number of anilines is 1. The number of esters is 1. The lowest BCUT2D eigenvalue weighted by Gasteiger charge is -2.15. The van der Waals surface area contributed by atoms with Crippen molar-refractivity contribution in [3.63, 3.8) is 0 Å². The van der Waals surface area contributed by atoms with E-state index in [2.05, 4.69) is 10.3 Å². The Labute approximate surface area is 198 Å². The van der Waals surface area contributed by atoms with Crippen LogP contribution >= 0.6 is 22.7 Å². The van der Waals surface area contributed by atoms with E-state index < -0.39 is 5.97 Å². The number of benzene rings is 2. The minimum Gasteiger partial charge on any atom is -0.493 e. The smallest absolute Gasteiger partial charge is 0.340 e. The van der Waals surface area contributed by atoms with E-state index in [0.29, 0.717) is 22.1 Å². The molecular weight excluding hydrogens is 460 g/mol. The van der Waals surface area contributed by atoms with E-state index in [0.717, 1.165) is 10.6 Å². The van der Waals surface area contributed by atoms with Gasteiger partial charge in [-0.3, -0.25) is 4.79 Å². The molecule has 0 aliphatic carbocycles. The molecule has 0 aliphatic heterocycles. The zero-order valence-electron chi connectivity index (χ0n) is 17.9. The number of rotatable bonds is 8. The van der Waals surface area contributed by atoms with E-state index in [-0.39, 0.29) is 23.8 Å². The molecule has 4 rings (SSSR count). The zero-order chi connectivity index (χ0) is 23.2. The number of ether oxygens (including phenoxy) is 3. The van der Waals surface area contributed by atoms with Gasteiger partial charge in [-0.25, -0.2) is 9.78 Å². The second-order valence-corrected chi connectivity index (χ2v) is 8.58. The molecule has 7 nitrogen and oxygen atoms in total. The third-order valence-electron chi connectivity index (χ3n) is 4.66. The molecule has 33 heavy (non-hydrogen) atoms. The molecule has 4 aromatic rings. The largest absolute Gasteiger partial charge is 0.493 e. The first-order chi connectivity index (χ1) is 16.1. The van der Waals surface area contributed by atoms with Crippen molar-refractivity contribution < 1.29 is 23.8 Å². The van der Waals surface area contributed by atoms with Crippen LogP contribution in [-0.2, 0) is 11.3 Å². The molecule has 0 atom stereocenters. The van der Waals surface area contributed by atoms with E-state index in [9.17, 15) is 9.59 Å². The average Bonchev–Trinajstić information content (AvgIpc) is 3.55. The minimum absolute atomic E-state index is 0.00514. The maximum Gasteiger partial charge on any atom is 0.340 e. The van der Waals surface area contributed by atoms with E-state index in [1.54, 1.807) is 17.5 Å². The zero-order valence-corrected chi connectivity index (χ0v) is 19.5. The molecule has 0 fully saturated rings. The summed E-state index contributed by atoms with van der Waals surface area (Å²) in [5, 5.41) is 7.26. The number of methoxy groups -OCH3 is 2. The van der Waals surface area contributed by atoms with Crippen molar-refractivity contribution in [3.05, 3.63) is 81.5 Å². The highest BCUT2D eigenvalue weighted by molar-refractivity contribution is 7.13. The van der Waals surface area contributed by atoms with Crippen LogP contribution in [0.3, 0.4) is 0 Å². The second kappa shape index (κ2) is 10.3. The fourth-order valence-corrected chi connectivity index (χ4v) is 4.48. The first-order valence-electron chi connectivity index (χ1n) is 9.87. The van der Waals surface area contributed by atoms with Gasteiger partial charge in [0.25, 0.3) is 5.91 Å². The highest BCUT2D eigenvalue weighted by Crippen LogP contribution is 2.34. The number of amides is 1. The molecule has 0 saturated carbocycles. The van der Waals surface area contributed by atoms with Crippen LogP contribution in [0.25, 0.3) is 10.6 Å². The SMILES string of the molecule is COc1cc(NC(=O)c2cccs2)c(C(=O)OCc2csc(-c3ccccc3)n2)cc1OC. The van der Waals surface area contributed by atoms with Crippen molar-refractivity contribution in [2.75, 3.05) is 19.5 Å². The van der Waals surface area contributed by atoms with Gasteiger partial charge >= 0.3 is 5.97 Å². The Hall–Kier alpha value is -3.69. The Kier molecular flexibility index (Phi) is 7.01. The van der Waals surface area contributed by atoms with Crippen LogP contribution in [0.2, 0.25) is 0 Å². The summed E-state index contributed by atoms with van der Waals surface area (Å²) in [6, 6.07) is 16.3. The van der Waals surface area contributed by atoms with E-state index in [1.807, 2.05) is 35.7 Å². The molecule has 0 bridgehead atoms. The summed E-state index contributed by atoms with van der Waals surface area (Å²) in [7, 11) is 2.95. The topological polar surface area (TPSA) is 86.8 Å². The lowest BCUT2D eigenvalue weighted by Crippen LogP contribution is -2.15. The number of carbonyl (C=O) groups excluding carboxylic acids is 2. The number of thiazole rings is 1. The number of hydrogen-bond acceptors (Lipinski definition) is 8. The highest BCUT2D eigenvalue weighted by Gasteiger charge is 2.21. The van der Waals surface area contributed by atoms with Crippen LogP contribution in [0.15, 0.2) is 65.4 Å².